The fraction of sp³-hybridized carbons (Fsp3) is 0.462. The molecule has 1 rings (SSSR count). The van der Waals surface area contributed by atoms with Gasteiger partial charge in [0.05, 0.1) is 18.7 Å². The number of benzene rings is 1. The number of carbonyl (C=O) groups excluding carboxylic acids is 1. The molecule has 3 nitrogen and oxygen atoms in total. The molecule has 0 saturated heterocycles. The van der Waals surface area contributed by atoms with Crippen LogP contribution >= 0.6 is 15.9 Å². The Bertz CT molecular complexity index is 427. The second-order valence-electron chi connectivity index (χ2n) is 3.80. The first-order chi connectivity index (χ1) is 8.04. The predicted molar refractivity (Wildman–Crippen MR) is 71.0 cm³/mol. The molecule has 0 aliphatic heterocycles. The molecule has 1 aromatic rings. The molecule has 0 aromatic heterocycles. The number of ether oxygens (including phenoxy) is 2. The maximum absolute atomic E-state index is 11.3. The van der Waals surface area contributed by atoms with Crippen LogP contribution in [0.1, 0.15) is 25.0 Å². The van der Waals surface area contributed by atoms with E-state index in [2.05, 4.69) is 22.9 Å². The van der Waals surface area contributed by atoms with Crippen LogP contribution in [0.3, 0.4) is 0 Å². The van der Waals surface area contributed by atoms with Gasteiger partial charge >= 0.3 is 0 Å². The average Bonchev–Trinajstić information content (AvgIpc) is 2.28. The molecule has 0 fully saturated rings. The number of Topliss-reactive ketones (excluding diaryl/α,β-unsaturated/α-hetero) is 1. The van der Waals surface area contributed by atoms with E-state index in [1.807, 2.05) is 6.07 Å². The summed E-state index contributed by atoms with van der Waals surface area (Å²) < 4.78 is 11.5. The lowest BCUT2D eigenvalue weighted by atomic mass is 10.00. The number of halogens is 1. The molecule has 0 spiro atoms. The van der Waals surface area contributed by atoms with Gasteiger partial charge in [0.2, 0.25) is 0 Å². The summed E-state index contributed by atoms with van der Waals surface area (Å²) in [6.45, 7) is 3.64. The summed E-state index contributed by atoms with van der Waals surface area (Å²) in [4.78, 5) is 11.3. The van der Waals surface area contributed by atoms with Gasteiger partial charge in [-0.3, -0.25) is 4.79 Å². The smallest absolute Gasteiger partial charge is 0.175 e. The Morgan fingerprint density at radius 3 is 2.41 bits per heavy atom. The maximum Gasteiger partial charge on any atom is 0.175 e. The molecule has 0 N–H and O–H groups in total. The lowest BCUT2D eigenvalue weighted by Gasteiger charge is -2.16. The van der Waals surface area contributed by atoms with Crippen molar-refractivity contribution in [2.75, 3.05) is 14.2 Å². The molecule has 4 heteroatoms. The molecule has 0 heterocycles. The van der Waals surface area contributed by atoms with E-state index in [4.69, 9.17) is 9.47 Å². The van der Waals surface area contributed by atoms with Crippen molar-refractivity contribution in [2.24, 2.45) is 0 Å². The minimum Gasteiger partial charge on any atom is -0.493 e. The van der Waals surface area contributed by atoms with Gasteiger partial charge in [-0.1, -0.05) is 6.92 Å². The van der Waals surface area contributed by atoms with Crippen molar-refractivity contribution >= 4 is 21.7 Å². The predicted octanol–water partition coefficient (Wildman–Crippen LogP) is 3.16. The summed E-state index contributed by atoms with van der Waals surface area (Å²) in [5.41, 5.74) is 2.09. The minimum atomic E-state index is 0.138. The van der Waals surface area contributed by atoms with Crippen LogP contribution in [0.4, 0.5) is 0 Å². The van der Waals surface area contributed by atoms with Gasteiger partial charge in [-0.2, -0.15) is 0 Å². The SMILES string of the molecule is CCc1c(CC(C)=O)cc(OC)c(OC)c1Br. The number of ketones is 1. The van der Waals surface area contributed by atoms with Crippen molar-refractivity contribution in [3.05, 3.63) is 21.7 Å². The van der Waals surface area contributed by atoms with Gasteiger partial charge in [0.25, 0.3) is 0 Å². The Morgan fingerprint density at radius 2 is 2.00 bits per heavy atom. The number of hydrogen-bond donors (Lipinski definition) is 0. The van der Waals surface area contributed by atoms with Crippen LogP contribution in [-0.4, -0.2) is 20.0 Å². The number of hydrogen-bond acceptors (Lipinski definition) is 3. The van der Waals surface area contributed by atoms with E-state index in [1.165, 1.54) is 0 Å². The fourth-order valence-corrected chi connectivity index (χ4v) is 2.74. The van der Waals surface area contributed by atoms with Crippen molar-refractivity contribution in [3.8, 4) is 11.5 Å². The van der Waals surface area contributed by atoms with Crippen molar-refractivity contribution in [1.82, 2.24) is 0 Å². The molecule has 1 aromatic carbocycles. The van der Waals surface area contributed by atoms with Crippen LogP contribution in [0.25, 0.3) is 0 Å². The van der Waals surface area contributed by atoms with E-state index in [-0.39, 0.29) is 5.78 Å². The lowest BCUT2D eigenvalue weighted by Crippen LogP contribution is -2.04. The summed E-state index contributed by atoms with van der Waals surface area (Å²) in [6.07, 6.45) is 1.26. The van der Waals surface area contributed by atoms with Gasteiger partial charge in [-0.15, -0.1) is 0 Å². The molecular formula is C13H17BrO3. The molecule has 0 atom stereocenters. The zero-order chi connectivity index (χ0) is 13.0. The first kappa shape index (κ1) is 14.0. The largest absolute Gasteiger partial charge is 0.493 e. The molecule has 17 heavy (non-hydrogen) atoms. The minimum absolute atomic E-state index is 0.138. The summed E-state index contributed by atoms with van der Waals surface area (Å²) in [7, 11) is 3.19. The highest BCUT2D eigenvalue weighted by atomic mass is 79.9. The third-order valence-electron chi connectivity index (χ3n) is 2.60. The Labute approximate surface area is 110 Å². The van der Waals surface area contributed by atoms with Crippen molar-refractivity contribution in [2.45, 2.75) is 26.7 Å². The summed E-state index contributed by atoms with van der Waals surface area (Å²) in [5, 5.41) is 0. The Kier molecular flexibility index (Phi) is 5.00. The van der Waals surface area contributed by atoms with Crippen LogP contribution in [0, 0.1) is 0 Å². The molecule has 0 bridgehead atoms. The summed E-state index contributed by atoms with van der Waals surface area (Å²) in [6, 6.07) is 1.88. The highest BCUT2D eigenvalue weighted by Gasteiger charge is 2.17. The quantitative estimate of drug-likeness (QED) is 0.838. The van der Waals surface area contributed by atoms with E-state index < -0.39 is 0 Å². The molecular weight excluding hydrogens is 284 g/mol. The Morgan fingerprint density at radius 1 is 1.35 bits per heavy atom. The molecule has 0 saturated carbocycles. The lowest BCUT2D eigenvalue weighted by molar-refractivity contribution is -0.116. The van der Waals surface area contributed by atoms with Gasteiger partial charge < -0.3 is 9.47 Å². The monoisotopic (exact) mass is 300 g/mol. The summed E-state index contributed by atoms with van der Waals surface area (Å²) in [5.74, 6) is 1.46. The van der Waals surface area contributed by atoms with Crippen LogP contribution in [0.2, 0.25) is 0 Å². The van der Waals surface area contributed by atoms with Crippen molar-refractivity contribution < 1.29 is 14.3 Å². The zero-order valence-corrected chi connectivity index (χ0v) is 12.2. The summed E-state index contributed by atoms with van der Waals surface area (Å²) >= 11 is 3.52. The van der Waals surface area contributed by atoms with Crippen molar-refractivity contribution in [1.29, 1.82) is 0 Å². The molecule has 0 unspecified atom stereocenters. The van der Waals surface area contributed by atoms with Gasteiger partial charge in [0.15, 0.2) is 11.5 Å². The van der Waals surface area contributed by atoms with Crippen LogP contribution in [0.5, 0.6) is 11.5 Å². The Balaban J connectivity index is 3.39. The second kappa shape index (κ2) is 6.05. The molecule has 0 aliphatic rings. The first-order valence-corrected chi connectivity index (χ1v) is 6.26. The van der Waals surface area contributed by atoms with Gasteiger partial charge in [0.1, 0.15) is 5.78 Å². The topological polar surface area (TPSA) is 35.5 Å². The molecule has 94 valence electrons. The zero-order valence-electron chi connectivity index (χ0n) is 10.6. The van der Waals surface area contributed by atoms with Crippen LogP contribution in [0.15, 0.2) is 10.5 Å². The van der Waals surface area contributed by atoms with Crippen LogP contribution < -0.4 is 9.47 Å². The van der Waals surface area contributed by atoms with E-state index >= 15 is 0 Å². The molecule has 0 amide bonds. The number of methoxy groups -OCH3 is 2. The van der Waals surface area contributed by atoms with Gasteiger partial charge in [-0.25, -0.2) is 0 Å². The third-order valence-corrected chi connectivity index (χ3v) is 3.44. The van der Waals surface area contributed by atoms with E-state index in [1.54, 1.807) is 21.1 Å². The highest BCUT2D eigenvalue weighted by molar-refractivity contribution is 9.10. The number of rotatable bonds is 5. The normalized spacial score (nSPS) is 10.2. The van der Waals surface area contributed by atoms with Crippen LogP contribution in [-0.2, 0) is 17.6 Å². The Hall–Kier alpha value is -1.03. The van der Waals surface area contributed by atoms with Gasteiger partial charge in [0, 0.05) is 6.42 Å². The van der Waals surface area contributed by atoms with E-state index in [0.717, 1.165) is 22.0 Å². The fourth-order valence-electron chi connectivity index (χ4n) is 1.85. The molecule has 0 aliphatic carbocycles. The average molecular weight is 301 g/mol. The van der Waals surface area contributed by atoms with E-state index in [9.17, 15) is 4.79 Å². The second-order valence-corrected chi connectivity index (χ2v) is 4.59. The first-order valence-electron chi connectivity index (χ1n) is 5.46. The third kappa shape index (κ3) is 3.00. The number of carbonyl (C=O) groups is 1. The molecule has 0 radical (unpaired) electrons. The standard InChI is InChI=1S/C13H17BrO3/c1-5-10-9(6-8(2)15)7-11(16-3)13(17-4)12(10)14/h7H,5-6H2,1-4H3. The highest BCUT2D eigenvalue weighted by Crippen LogP contribution is 2.40. The maximum atomic E-state index is 11.3. The van der Waals surface area contributed by atoms with Crippen molar-refractivity contribution in [3.63, 3.8) is 0 Å². The van der Waals surface area contributed by atoms with Gasteiger partial charge in [-0.05, 0) is 46.5 Å². The van der Waals surface area contributed by atoms with E-state index in [0.29, 0.717) is 17.9 Å².